The van der Waals surface area contributed by atoms with Gasteiger partial charge in [0.15, 0.2) is 0 Å². The third-order valence-electron chi connectivity index (χ3n) is 3.63. The van der Waals surface area contributed by atoms with E-state index in [9.17, 15) is 9.90 Å². The maximum absolute atomic E-state index is 11.5. The van der Waals surface area contributed by atoms with Gasteiger partial charge < -0.3 is 10.8 Å². The second kappa shape index (κ2) is 8.46. The van der Waals surface area contributed by atoms with Crippen molar-refractivity contribution in [1.82, 2.24) is 19.7 Å². The number of carbonyl (C=O) groups is 1. The van der Waals surface area contributed by atoms with Gasteiger partial charge in [-0.2, -0.15) is 5.10 Å². The molecule has 3 rings (SSSR count). The van der Waals surface area contributed by atoms with Crippen molar-refractivity contribution in [2.75, 3.05) is 0 Å². The van der Waals surface area contributed by atoms with Crippen LogP contribution in [-0.4, -0.2) is 30.8 Å². The molecule has 0 atom stereocenters. The maximum Gasteiger partial charge on any atom is 0.354 e. The highest BCUT2D eigenvalue weighted by Crippen LogP contribution is 2.33. The van der Waals surface area contributed by atoms with Crippen LogP contribution in [-0.2, 0) is 13.1 Å². The van der Waals surface area contributed by atoms with Crippen LogP contribution in [0, 0.1) is 0 Å². The van der Waals surface area contributed by atoms with E-state index in [-0.39, 0.29) is 24.6 Å². The first-order valence-corrected chi connectivity index (χ1v) is 7.99. The van der Waals surface area contributed by atoms with Crippen LogP contribution in [0.25, 0.3) is 11.3 Å². The van der Waals surface area contributed by atoms with E-state index < -0.39 is 5.97 Å². The first-order chi connectivity index (χ1) is 12.0. The smallest absolute Gasteiger partial charge is 0.354 e. The number of pyridine rings is 1. The van der Waals surface area contributed by atoms with Gasteiger partial charge in [-0.25, -0.2) is 19.4 Å². The molecule has 0 aliphatic carbocycles. The minimum atomic E-state index is -1.14. The first kappa shape index (κ1) is 20.1. The Hall–Kier alpha value is -2.19. The average Bonchev–Trinajstić information content (AvgIpc) is 3.07. The molecule has 0 saturated heterocycles. The summed E-state index contributed by atoms with van der Waals surface area (Å²) in [6, 6.07) is 6.41. The third-order valence-corrected chi connectivity index (χ3v) is 4.17. The Morgan fingerprint density at radius 1 is 1.27 bits per heavy atom. The van der Waals surface area contributed by atoms with Gasteiger partial charge in [-0.15, -0.1) is 12.4 Å². The van der Waals surface area contributed by atoms with Crippen LogP contribution in [0.5, 0.6) is 0 Å². The number of benzene rings is 1. The molecule has 26 heavy (non-hydrogen) atoms. The molecule has 3 aromatic rings. The van der Waals surface area contributed by atoms with Gasteiger partial charge in [0.1, 0.15) is 18.3 Å². The van der Waals surface area contributed by atoms with Gasteiger partial charge >= 0.3 is 5.97 Å². The fourth-order valence-corrected chi connectivity index (χ4v) is 2.99. The van der Waals surface area contributed by atoms with Gasteiger partial charge in [0.2, 0.25) is 0 Å². The largest absolute Gasteiger partial charge is 0.477 e. The number of hydrogen-bond acceptors (Lipinski definition) is 5. The van der Waals surface area contributed by atoms with Crippen molar-refractivity contribution in [2.45, 2.75) is 13.1 Å². The van der Waals surface area contributed by atoms with E-state index in [0.29, 0.717) is 39.0 Å². The molecule has 0 aliphatic rings. The molecule has 0 radical (unpaired) electrons. The van der Waals surface area contributed by atoms with E-state index in [1.165, 1.54) is 18.7 Å². The Bertz CT molecular complexity index is 932. The molecule has 3 N–H and O–H groups in total. The van der Waals surface area contributed by atoms with E-state index in [2.05, 4.69) is 15.1 Å². The minimum Gasteiger partial charge on any atom is -0.477 e. The van der Waals surface area contributed by atoms with Crippen LogP contribution in [0.2, 0.25) is 10.0 Å². The van der Waals surface area contributed by atoms with Crippen molar-refractivity contribution >= 4 is 41.6 Å². The van der Waals surface area contributed by atoms with Crippen molar-refractivity contribution in [3.05, 3.63) is 63.8 Å². The summed E-state index contributed by atoms with van der Waals surface area (Å²) in [6.45, 7) is 0.471. The zero-order valence-corrected chi connectivity index (χ0v) is 15.6. The Morgan fingerprint density at radius 3 is 2.62 bits per heavy atom. The molecule has 1 aromatic carbocycles. The highest BCUT2D eigenvalue weighted by atomic mass is 35.5. The summed E-state index contributed by atoms with van der Waals surface area (Å²) in [5.41, 5.74) is 8.17. The molecule has 2 heterocycles. The van der Waals surface area contributed by atoms with Crippen molar-refractivity contribution in [2.24, 2.45) is 5.73 Å². The van der Waals surface area contributed by atoms with E-state index in [1.54, 1.807) is 22.9 Å². The summed E-state index contributed by atoms with van der Waals surface area (Å²) in [7, 11) is 0. The molecule has 0 unspecified atom stereocenters. The average molecular weight is 415 g/mol. The Morgan fingerprint density at radius 2 is 2.04 bits per heavy atom. The Balaban J connectivity index is 0.00000243. The van der Waals surface area contributed by atoms with Gasteiger partial charge in [0.25, 0.3) is 0 Å². The standard InChI is InChI=1S/C16H13Cl2N5O2.ClH/c17-10-1-2-11(13(18)4-10)15-12(5-19)9(3-14(22-15)16(24)25)6-23-8-20-7-21-23;/h1-4,7-8H,5-6,19H2,(H,24,25);1H. The van der Waals surface area contributed by atoms with Crippen molar-refractivity contribution in [3.8, 4) is 11.3 Å². The number of carboxylic acids is 1. The molecule has 0 spiro atoms. The zero-order valence-electron chi connectivity index (χ0n) is 13.3. The van der Waals surface area contributed by atoms with E-state index in [1.807, 2.05) is 0 Å². The number of carboxylic acid groups (broad SMARTS) is 1. The van der Waals surface area contributed by atoms with Crippen LogP contribution in [0.4, 0.5) is 0 Å². The molecule has 10 heteroatoms. The number of aromatic nitrogens is 4. The number of nitrogens with two attached hydrogens (primary N) is 1. The monoisotopic (exact) mass is 413 g/mol. The molecule has 0 aliphatic heterocycles. The quantitative estimate of drug-likeness (QED) is 0.663. The number of hydrogen-bond donors (Lipinski definition) is 2. The molecule has 0 fully saturated rings. The molecule has 0 bridgehead atoms. The summed E-state index contributed by atoms with van der Waals surface area (Å²) in [5.74, 6) is -1.14. The fraction of sp³-hybridized carbons (Fsp3) is 0.125. The molecule has 7 nitrogen and oxygen atoms in total. The highest BCUT2D eigenvalue weighted by molar-refractivity contribution is 6.36. The number of nitrogens with zero attached hydrogens (tertiary/aromatic N) is 4. The SMILES string of the molecule is Cl.NCc1c(Cn2cncn2)cc(C(=O)O)nc1-c1ccc(Cl)cc1Cl. The lowest BCUT2D eigenvalue weighted by Crippen LogP contribution is -2.13. The van der Waals surface area contributed by atoms with Crippen LogP contribution in [0.3, 0.4) is 0 Å². The van der Waals surface area contributed by atoms with Crippen LogP contribution < -0.4 is 5.73 Å². The molecule has 0 saturated carbocycles. The first-order valence-electron chi connectivity index (χ1n) is 7.23. The van der Waals surface area contributed by atoms with E-state index in [0.717, 1.165) is 0 Å². The minimum absolute atomic E-state index is 0. The highest BCUT2D eigenvalue weighted by Gasteiger charge is 2.19. The van der Waals surface area contributed by atoms with Crippen molar-refractivity contribution in [1.29, 1.82) is 0 Å². The molecule has 136 valence electrons. The van der Waals surface area contributed by atoms with Crippen LogP contribution in [0.1, 0.15) is 21.6 Å². The van der Waals surface area contributed by atoms with E-state index >= 15 is 0 Å². The second-order valence-corrected chi connectivity index (χ2v) is 6.06. The number of aromatic carboxylic acids is 1. The molecular weight excluding hydrogens is 401 g/mol. The van der Waals surface area contributed by atoms with Crippen LogP contribution in [0.15, 0.2) is 36.9 Å². The second-order valence-electron chi connectivity index (χ2n) is 5.22. The topological polar surface area (TPSA) is 107 Å². The van der Waals surface area contributed by atoms with Gasteiger partial charge in [-0.05, 0) is 35.4 Å². The van der Waals surface area contributed by atoms with E-state index in [4.69, 9.17) is 28.9 Å². The summed E-state index contributed by atoms with van der Waals surface area (Å²) in [5, 5.41) is 14.3. The number of rotatable bonds is 5. The molecule has 2 aromatic heterocycles. The van der Waals surface area contributed by atoms with Crippen molar-refractivity contribution < 1.29 is 9.90 Å². The lowest BCUT2D eigenvalue weighted by molar-refractivity contribution is 0.0690. The predicted octanol–water partition coefficient (Wildman–Crippen LogP) is 3.27. The molecular formula is C16H14Cl3N5O2. The summed E-state index contributed by atoms with van der Waals surface area (Å²) < 4.78 is 1.58. The fourth-order valence-electron chi connectivity index (χ4n) is 2.50. The van der Waals surface area contributed by atoms with Gasteiger partial charge in [0.05, 0.1) is 17.3 Å². The Kier molecular flexibility index (Phi) is 6.55. The normalized spacial score (nSPS) is 10.4. The van der Waals surface area contributed by atoms with Gasteiger partial charge in [-0.1, -0.05) is 23.2 Å². The van der Waals surface area contributed by atoms with Gasteiger partial charge in [-0.3, -0.25) is 0 Å². The maximum atomic E-state index is 11.5. The number of halogens is 3. The van der Waals surface area contributed by atoms with Crippen molar-refractivity contribution in [3.63, 3.8) is 0 Å². The lowest BCUT2D eigenvalue weighted by atomic mass is 9.99. The lowest BCUT2D eigenvalue weighted by Gasteiger charge is -2.15. The third kappa shape index (κ3) is 4.13. The predicted molar refractivity (Wildman–Crippen MR) is 101 cm³/mol. The van der Waals surface area contributed by atoms with Crippen LogP contribution >= 0.6 is 35.6 Å². The summed E-state index contributed by atoms with van der Waals surface area (Å²) in [6.07, 6.45) is 2.94. The zero-order chi connectivity index (χ0) is 18.0. The molecule has 0 amide bonds. The summed E-state index contributed by atoms with van der Waals surface area (Å²) >= 11 is 12.2. The Labute approximate surface area is 165 Å². The van der Waals surface area contributed by atoms with Gasteiger partial charge in [0, 0.05) is 17.1 Å². The summed E-state index contributed by atoms with van der Waals surface area (Å²) in [4.78, 5) is 19.6.